The molecule has 0 saturated heterocycles. The molecular weight excluding hydrogens is 272 g/mol. The van der Waals surface area contributed by atoms with Gasteiger partial charge in [-0.1, -0.05) is 0 Å². The summed E-state index contributed by atoms with van der Waals surface area (Å²) in [7, 11) is 0. The fourth-order valence-electron chi connectivity index (χ4n) is 0. The van der Waals surface area contributed by atoms with Crippen molar-refractivity contribution in [1.29, 1.82) is 0 Å². The molecule has 0 spiro atoms. The molecule has 0 unspecified atom stereocenters. The van der Waals surface area contributed by atoms with Crippen molar-refractivity contribution in [3.8, 4) is 0 Å². The molecule has 0 aliphatic heterocycles. The summed E-state index contributed by atoms with van der Waals surface area (Å²) in [4.78, 5) is 0. The van der Waals surface area contributed by atoms with Crippen LogP contribution in [0.25, 0.3) is 0 Å². The van der Waals surface area contributed by atoms with Crippen LogP contribution >= 0.6 is 0 Å². The first-order valence-electron chi connectivity index (χ1n) is 0.337. The van der Waals surface area contributed by atoms with Gasteiger partial charge in [-0.3, -0.25) is 0 Å². The fourth-order valence-corrected chi connectivity index (χ4v) is 0. The van der Waals surface area contributed by atoms with Gasteiger partial charge in [-0.15, -0.1) is 0 Å². The van der Waals surface area contributed by atoms with Crippen LogP contribution in [0.4, 0.5) is 4.53 Å². The maximum absolute atomic E-state index is 9.84. The van der Waals surface area contributed by atoms with Gasteiger partial charge in [0.05, 0.1) is 0 Å². The van der Waals surface area contributed by atoms with Crippen molar-refractivity contribution < 1.29 is 46.5 Å². The summed E-state index contributed by atoms with van der Waals surface area (Å²) < 4.78 is 12.7. The minimum absolute atomic E-state index is 0. The van der Waals surface area contributed by atoms with E-state index in [-0.39, 0.29) is 17.1 Å². The van der Waals surface area contributed by atoms with E-state index in [4.69, 9.17) is 0 Å². The molecule has 0 aromatic rings. The molecule has 0 rings (SSSR count). The summed E-state index contributed by atoms with van der Waals surface area (Å²) in [6.45, 7) is 0. The zero-order chi connectivity index (χ0) is 2.71. The minimum Gasteiger partial charge on any atom is 0 e. The Hall–Kier alpha value is 1.15. The molecule has 0 heterocycles. The molecule has 0 aromatic heterocycles. The molecule has 0 aromatic carbocycles. The number of hydrogen-bond donors (Lipinski definition) is 0. The van der Waals surface area contributed by atoms with Gasteiger partial charge >= 0.3 is 29.4 Å². The predicted octanol–water partition coefficient (Wildman–Crippen LogP) is 0.347. The largest absolute Gasteiger partial charge is 0 e. The first-order valence-corrected chi connectivity index (χ1v) is 1.65. The molecule has 4 heteroatoms. The summed E-state index contributed by atoms with van der Waals surface area (Å²) >= 11 is 0.353. The van der Waals surface area contributed by atoms with Gasteiger partial charge in [0.2, 0.25) is 0 Å². The van der Waals surface area contributed by atoms with Crippen molar-refractivity contribution in [2.24, 2.45) is 0 Å². The Labute approximate surface area is 46.7 Å². The van der Waals surface area contributed by atoms with Crippen LogP contribution < -0.4 is 0 Å². The second-order valence-corrected chi connectivity index (χ2v) is 0.565. The molecule has 0 atom stereocenters. The van der Waals surface area contributed by atoms with E-state index in [0.29, 0.717) is 21.5 Å². The third kappa shape index (κ3) is 11.0. The van der Waals surface area contributed by atoms with E-state index in [1.54, 1.807) is 0 Å². The van der Waals surface area contributed by atoms with Gasteiger partial charge in [0.25, 0.3) is 0 Å². The maximum Gasteiger partial charge on any atom is 0 e. The van der Waals surface area contributed by atoms with Gasteiger partial charge in [-0.25, -0.2) is 0 Å². The first kappa shape index (κ1) is 8.94. The van der Waals surface area contributed by atoms with E-state index in [1.165, 1.54) is 0 Å². The molecule has 0 amide bonds. The van der Waals surface area contributed by atoms with Gasteiger partial charge in [-0.2, -0.15) is 0 Å². The smallest absolute Gasteiger partial charge is 0 e. The SMILES string of the molecule is F[O][Ta].[Fe]. The van der Waals surface area contributed by atoms with E-state index in [9.17, 15) is 4.53 Å². The van der Waals surface area contributed by atoms with Gasteiger partial charge in [0, 0.05) is 17.1 Å². The Morgan fingerprint density at radius 2 is 1.75 bits per heavy atom. The molecule has 0 radical (unpaired) electrons. The third-order valence-electron chi connectivity index (χ3n) is 0. The maximum atomic E-state index is 9.84. The molecule has 0 bridgehead atoms. The van der Waals surface area contributed by atoms with Crippen LogP contribution in [0.15, 0.2) is 0 Å². The van der Waals surface area contributed by atoms with Crippen LogP contribution in [-0.4, -0.2) is 0 Å². The van der Waals surface area contributed by atoms with Crippen LogP contribution in [0.2, 0.25) is 0 Å². The molecule has 26 valence electrons. The topological polar surface area (TPSA) is 9.23 Å². The third-order valence-corrected chi connectivity index (χ3v) is 0. The van der Waals surface area contributed by atoms with Crippen molar-refractivity contribution in [3.05, 3.63) is 0 Å². The van der Waals surface area contributed by atoms with Crippen molar-refractivity contribution >= 4 is 0 Å². The average molecular weight is 272 g/mol. The van der Waals surface area contributed by atoms with E-state index in [2.05, 4.69) is 3.45 Å². The zero-order valence-corrected chi connectivity index (χ0v) is 5.90. The zero-order valence-electron chi connectivity index (χ0n) is 1.59. The molecule has 0 saturated carbocycles. The minimum atomic E-state index is 0. The average Bonchev–Trinajstić information content (AvgIpc) is 0.918. The molecule has 1 nitrogen and oxygen atoms in total. The Morgan fingerprint density at radius 3 is 1.75 bits per heavy atom. The molecule has 0 aliphatic rings. The summed E-state index contributed by atoms with van der Waals surface area (Å²) in [5.41, 5.74) is 0. The Bertz CT molecular complexity index is 8.00. The summed E-state index contributed by atoms with van der Waals surface area (Å²) in [6, 6.07) is 0. The van der Waals surface area contributed by atoms with Crippen molar-refractivity contribution in [1.82, 2.24) is 0 Å². The van der Waals surface area contributed by atoms with Crippen molar-refractivity contribution in [2.45, 2.75) is 0 Å². The standard InChI is InChI=1S/FO.Fe.Ta/c1-2;;/q-1;;+1. The molecule has 0 aliphatic carbocycles. The summed E-state index contributed by atoms with van der Waals surface area (Å²) in [5.74, 6) is 0. The first-order chi connectivity index (χ1) is 1.41. The van der Waals surface area contributed by atoms with Crippen molar-refractivity contribution in [3.63, 3.8) is 0 Å². The van der Waals surface area contributed by atoms with E-state index in [0.717, 1.165) is 0 Å². The van der Waals surface area contributed by atoms with Crippen LogP contribution in [0.5, 0.6) is 0 Å². The molecule has 0 N–H and O–H groups in total. The van der Waals surface area contributed by atoms with Crippen LogP contribution in [0, 0.1) is 0 Å². The van der Waals surface area contributed by atoms with Gasteiger partial charge < -0.3 is 0 Å². The van der Waals surface area contributed by atoms with Crippen LogP contribution in [0.1, 0.15) is 0 Å². The van der Waals surface area contributed by atoms with E-state index < -0.39 is 0 Å². The van der Waals surface area contributed by atoms with E-state index >= 15 is 0 Å². The Balaban J connectivity index is 0. The van der Waals surface area contributed by atoms with Crippen molar-refractivity contribution in [2.75, 3.05) is 0 Å². The quantitative estimate of drug-likeness (QED) is 0.578. The molecule has 0 fully saturated rings. The Kier molecular flexibility index (Phi) is 19.9. The molecular formula is FFeOTa. The summed E-state index contributed by atoms with van der Waals surface area (Å²) in [6.07, 6.45) is 0. The van der Waals surface area contributed by atoms with Gasteiger partial charge in [-0.05, 0) is 0 Å². The number of halogens is 1. The monoisotopic (exact) mass is 272 g/mol. The second kappa shape index (κ2) is 8.91. The van der Waals surface area contributed by atoms with Crippen LogP contribution in [-0.2, 0) is 42.0 Å². The number of rotatable bonds is 0. The summed E-state index contributed by atoms with van der Waals surface area (Å²) in [5, 5.41) is 0. The van der Waals surface area contributed by atoms with Crippen LogP contribution in [0.3, 0.4) is 0 Å². The van der Waals surface area contributed by atoms with Gasteiger partial charge in [0.15, 0.2) is 0 Å². The number of hydrogen-bond acceptors (Lipinski definition) is 1. The van der Waals surface area contributed by atoms with Gasteiger partial charge in [0.1, 0.15) is 0 Å². The van der Waals surface area contributed by atoms with E-state index in [1.807, 2.05) is 0 Å². The Morgan fingerprint density at radius 1 is 1.75 bits per heavy atom. The normalized spacial score (nSPS) is 4.25. The molecule has 4 heavy (non-hydrogen) atoms. The second-order valence-electron chi connectivity index (χ2n) is 0.0690. The fraction of sp³-hybridized carbons (Fsp3) is 0. The predicted molar refractivity (Wildman–Crippen MR) is 2.19 cm³/mol.